The lowest BCUT2D eigenvalue weighted by Crippen LogP contribution is -2.52. The molecule has 3 amide bonds. The van der Waals surface area contributed by atoms with Crippen LogP contribution in [0.2, 0.25) is 0 Å². The van der Waals surface area contributed by atoms with E-state index >= 15 is 0 Å². The minimum atomic E-state index is -0.505. The molecule has 0 aliphatic carbocycles. The van der Waals surface area contributed by atoms with Crippen molar-refractivity contribution in [2.24, 2.45) is 0 Å². The van der Waals surface area contributed by atoms with E-state index in [-0.39, 0.29) is 17.7 Å². The topological polar surface area (TPSA) is 66.5 Å². The second-order valence-corrected chi connectivity index (χ2v) is 5.93. The van der Waals surface area contributed by atoms with Crippen LogP contribution in [0.15, 0.2) is 6.07 Å². The van der Waals surface area contributed by atoms with Crippen LogP contribution in [-0.4, -0.2) is 28.7 Å². The predicted octanol–water partition coefficient (Wildman–Crippen LogP) is 1.84. The van der Waals surface area contributed by atoms with Gasteiger partial charge in [-0.1, -0.05) is 13.8 Å². The van der Waals surface area contributed by atoms with Crippen molar-refractivity contribution in [1.82, 2.24) is 10.2 Å². The standard InChI is InChI=1S/C12H12N2O3S.C2H6/c1-6-4-7-9(18-6)5-14(12(7)17)8-2-3-10(15)13-11(8)16;1-2/h4,8H,2-3,5H2,1H3,(H,13,15,16);1-2H3. The monoisotopic (exact) mass is 294 g/mol. The minimum absolute atomic E-state index is 0.0937. The van der Waals surface area contributed by atoms with Crippen LogP contribution < -0.4 is 5.32 Å². The fourth-order valence-electron chi connectivity index (χ4n) is 2.47. The molecular formula is C14H18N2O3S. The Morgan fingerprint density at radius 2 is 2.00 bits per heavy atom. The number of imide groups is 1. The molecular weight excluding hydrogens is 276 g/mol. The maximum atomic E-state index is 12.2. The summed E-state index contributed by atoms with van der Waals surface area (Å²) in [5.74, 6) is -0.705. The summed E-state index contributed by atoms with van der Waals surface area (Å²) in [6, 6.07) is 1.36. The predicted molar refractivity (Wildman–Crippen MR) is 76.4 cm³/mol. The zero-order chi connectivity index (χ0) is 14.9. The maximum absolute atomic E-state index is 12.2. The molecule has 1 atom stereocenters. The Kier molecular flexibility index (Phi) is 4.23. The SMILES string of the molecule is CC.Cc1cc2c(s1)CN(C1CCC(=O)NC1=O)C2=O. The number of nitrogens with one attached hydrogen (secondary N) is 1. The summed E-state index contributed by atoms with van der Waals surface area (Å²) in [6.45, 7) is 6.45. The molecule has 0 radical (unpaired) electrons. The van der Waals surface area contributed by atoms with E-state index in [2.05, 4.69) is 5.32 Å². The number of amides is 3. The van der Waals surface area contributed by atoms with E-state index < -0.39 is 6.04 Å². The van der Waals surface area contributed by atoms with E-state index in [0.29, 0.717) is 24.9 Å². The summed E-state index contributed by atoms with van der Waals surface area (Å²) in [7, 11) is 0. The van der Waals surface area contributed by atoms with Gasteiger partial charge < -0.3 is 4.90 Å². The minimum Gasteiger partial charge on any atom is -0.321 e. The highest BCUT2D eigenvalue weighted by atomic mass is 32.1. The highest BCUT2D eigenvalue weighted by Crippen LogP contribution is 2.33. The molecule has 3 heterocycles. The van der Waals surface area contributed by atoms with Crippen LogP contribution in [0.1, 0.15) is 46.8 Å². The van der Waals surface area contributed by atoms with Crippen molar-refractivity contribution in [3.63, 3.8) is 0 Å². The van der Waals surface area contributed by atoms with E-state index in [9.17, 15) is 14.4 Å². The molecule has 0 aromatic carbocycles. The van der Waals surface area contributed by atoms with Crippen molar-refractivity contribution in [2.45, 2.75) is 46.2 Å². The summed E-state index contributed by atoms with van der Waals surface area (Å²) < 4.78 is 0. The number of hydrogen-bond donors (Lipinski definition) is 1. The van der Waals surface area contributed by atoms with E-state index in [1.807, 2.05) is 26.8 Å². The molecule has 1 N–H and O–H groups in total. The summed E-state index contributed by atoms with van der Waals surface area (Å²) in [5.41, 5.74) is 0.710. The van der Waals surface area contributed by atoms with E-state index in [0.717, 1.165) is 9.75 Å². The zero-order valence-electron chi connectivity index (χ0n) is 11.9. The molecule has 1 saturated heterocycles. The van der Waals surface area contributed by atoms with Crippen LogP contribution in [0.5, 0.6) is 0 Å². The van der Waals surface area contributed by atoms with Gasteiger partial charge in [-0.15, -0.1) is 11.3 Å². The third-order valence-electron chi connectivity index (χ3n) is 3.32. The molecule has 2 aliphatic heterocycles. The van der Waals surface area contributed by atoms with Gasteiger partial charge in [-0.3, -0.25) is 19.7 Å². The smallest absolute Gasteiger partial charge is 0.256 e. The van der Waals surface area contributed by atoms with Crippen molar-refractivity contribution in [3.05, 3.63) is 21.4 Å². The first-order valence-corrected chi connectivity index (χ1v) is 7.62. The fourth-order valence-corrected chi connectivity index (χ4v) is 3.50. The van der Waals surface area contributed by atoms with E-state index in [1.165, 1.54) is 0 Å². The van der Waals surface area contributed by atoms with Crippen molar-refractivity contribution in [3.8, 4) is 0 Å². The molecule has 1 fully saturated rings. The fraction of sp³-hybridized carbons (Fsp3) is 0.500. The number of thiophene rings is 1. The molecule has 0 spiro atoms. The van der Waals surface area contributed by atoms with Gasteiger partial charge in [-0.05, 0) is 19.4 Å². The summed E-state index contributed by atoms with van der Waals surface area (Å²) >= 11 is 1.59. The number of hydrogen-bond acceptors (Lipinski definition) is 4. The second kappa shape index (κ2) is 5.75. The first-order chi connectivity index (χ1) is 9.56. The maximum Gasteiger partial charge on any atom is 0.256 e. The average Bonchev–Trinajstić information content (AvgIpc) is 2.91. The van der Waals surface area contributed by atoms with Crippen LogP contribution >= 0.6 is 11.3 Å². The Balaban J connectivity index is 0.000000704. The van der Waals surface area contributed by atoms with Crippen LogP contribution in [0.25, 0.3) is 0 Å². The van der Waals surface area contributed by atoms with Crippen molar-refractivity contribution in [1.29, 1.82) is 0 Å². The van der Waals surface area contributed by atoms with Crippen LogP contribution in [0.4, 0.5) is 0 Å². The molecule has 0 bridgehead atoms. The Bertz CT molecular complexity index is 565. The number of carbonyl (C=O) groups excluding carboxylic acids is 3. The summed E-state index contributed by atoms with van der Waals surface area (Å²) in [4.78, 5) is 38.7. The van der Waals surface area contributed by atoms with Gasteiger partial charge in [0.05, 0.1) is 12.1 Å². The molecule has 1 aromatic rings. The number of carbonyl (C=O) groups is 3. The number of nitrogens with zero attached hydrogens (tertiary/aromatic N) is 1. The first kappa shape index (κ1) is 14.7. The molecule has 6 heteroatoms. The largest absolute Gasteiger partial charge is 0.321 e. The first-order valence-electron chi connectivity index (χ1n) is 6.80. The highest BCUT2D eigenvalue weighted by Gasteiger charge is 2.39. The van der Waals surface area contributed by atoms with Crippen molar-refractivity contribution >= 4 is 29.1 Å². The lowest BCUT2D eigenvalue weighted by Gasteiger charge is -2.29. The van der Waals surface area contributed by atoms with Crippen molar-refractivity contribution in [2.75, 3.05) is 0 Å². The van der Waals surface area contributed by atoms with E-state index in [1.54, 1.807) is 16.2 Å². The molecule has 1 unspecified atom stereocenters. The second-order valence-electron chi connectivity index (χ2n) is 4.59. The van der Waals surface area contributed by atoms with Crippen LogP contribution in [0, 0.1) is 6.92 Å². The Hall–Kier alpha value is -1.69. The van der Waals surface area contributed by atoms with Gasteiger partial charge in [0.1, 0.15) is 6.04 Å². The molecule has 20 heavy (non-hydrogen) atoms. The van der Waals surface area contributed by atoms with E-state index in [4.69, 9.17) is 0 Å². The van der Waals surface area contributed by atoms with Crippen LogP contribution in [0.3, 0.4) is 0 Å². The van der Waals surface area contributed by atoms with Gasteiger partial charge in [-0.2, -0.15) is 0 Å². The molecule has 1 aromatic heterocycles. The number of aryl methyl sites for hydroxylation is 1. The summed E-state index contributed by atoms with van der Waals surface area (Å²) in [6.07, 6.45) is 0.719. The van der Waals surface area contributed by atoms with Crippen LogP contribution in [-0.2, 0) is 16.1 Å². The van der Waals surface area contributed by atoms with Gasteiger partial charge in [0.15, 0.2) is 0 Å². The third kappa shape index (κ3) is 2.47. The lowest BCUT2D eigenvalue weighted by atomic mass is 10.0. The number of piperidine rings is 1. The molecule has 2 aliphatic rings. The number of rotatable bonds is 1. The third-order valence-corrected chi connectivity index (χ3v) is 4.36. The van der Waals surface area contributed by atoms with Gasteiger partial charge in [0.25, 0.3) is 5.91 Å². The Labute approximate surface area is 122 Å². The quantitative estimate of drug-likeness (QED) is 0.804. The normalized spacial score (nSPS) is 21.2. The highest BCUT2D eigenvalue weighted by molar-refractivity contribution is 7.12. The molecule has 3 rings (SSSR count). The van der Waals surface area contributed by atoms with Gasteiger partial charge in [0.2, 0.25) is 11.8 Å². The van der Waals surface area contributed by atoms with Gasteiger partial charge >= 0.3 is 0 Å². The zero-order valence-corrected chi connectivity index (χ0v) is 12.7. The Morgan fingerprint density at radius 1 is 1.30 bits per heavy atom. The summed E-state index contributed by atoms with van der Waals surface area (Å²) in [5, 5.41) is 2.29. The molecule has 5 nitrogen and oxygen atoms in total. The van der Waals surface area contributed by atoms with Crippen molar-refractivity contribution < 1.29 is 14.4 Å². The lowest BCUT2D eigenvalue weighted by molar-refractivity contribution is -0.136. The van der Waals surface area contributed by atoms with Gasteiger partial charge in [0, 0.05) is 16.2 Å². The Morgan fingerprint density at radius 3 is 2.60 bits per heavy atom. The molecule has 108 valence electrons. The average molecular weight is 294 g/mol. The number of fused-ring (bicyclic) bond motifs is 1. The van der Waals surface area contributed by atoms with Gasteiger partial charge in [-0.25, -0.2) is 0 Å². The molecule has 0 saturated carbocycles.